The molecule has 0 aliphatic heterocycles. The van der Waals surface area contributed by atoms with Crippen LogP contribution in [-0.2, 0) is 17.8 Å². The van der Waals surface area contributed by atoms with Gasteiger partial charge in [-0.15, -0.1) is 10.2 Å². The van der Waals surface area contributed by atoms with Gasteiger partial charge in [0.1, 0.15) is 5.82 Å². The van der Waals surface area contributed by atoms with Crippen LogP contribution in [0.1, 0.15) is 18.3 Å². The third-order valence-electron chi connectivity index (χ3n) is 4.31. The van der Waals surface area contributed by atoms with Gasteiger partial charge in [-0.3, -0.25) is 4.79 Å². The second kappa shape index (κ2) is 9.97. The number of aromatic nitrogens is 3. The summed E-state index contributed by atoms with van der Waals surface area (Å²) in [5.74, 6) is 2.17. The highest BCUT2D eigenvalue weighted by molar-refractivity contribution is 7.99. The Balaban J connectivity index is 1.61. The maximum atomic E-state index is 12.4. The van der Waals surface area contributed by atoms with E-state index in [-0.39, 0.29) is 11.7 Å². The van der Waals surface area contributed by atoms with E-state index < -0.39 is 0 Å². The number of anilines is 1. The van der Waals surface area contributed by atoms with Crippen molar-refractivity contribution in [1.29, 1.82) is 0 Å². The molecule has 0 radical (unpaired) electrons. The Morgan fingerprint density at radius 2 is 1.83 bits per heavy atom. The van der Waals surface area contributed by atoms with Crippen molar-refractivity contribution in [3.63, 3.8) is 0 Å². The van der Waals surface area contributed by atoms with Crippen LogP contribution in [0, 0.1) is 0 Å². The summed E-state index contributed by atoms with van der Waals surface area (Å²) in [4.78, 5) is 12.4. The smallest absolute Gasteiger partial charge is 0.234 e. The molecule has 0 fully saturated rings. The Morgan fingerprint density at radius 1 is 1.07 bits per heavy atom. The van der Waals surface area contributed by atoms with Crippen molar-refractivity contribution in [2.45, 2.75) is 25.0 Å². The number of hydrogen-bond acceptors (Lipinski definition) is 6. The Hall–Kier alpha value is -3.00. The lowest BCUT2D eigenvalue weighted by molar-refractivity contribution is -0.113. The first-order valence-electron chi connectivity index (χ1n) is 9.25. The number of hydrogen-bond donors (Lipinski definition) is 1. The topological polar surface area (TPSA) is 78.3 Å². The van der Waals surface area contributed by atoms with Gasteiger partial charge in [0.25, 0.3) is 0 Å². The Kier molecular flexibility index (Phi) is 7.13. The normalized spacial score (nSPS) is 10.6. The molecule has 1 heterocycles. The first-order valence-corrected chi connectivity index (χ1v) is 10.2. The third-order valence-corrected chi connectivity index (χ3v) is 5.28. The van der Waals surface area contributed by atoms with Crippen molar-refractivity contribution < 1.29 is 14.3 Å². The van der Waals surface area contributed by atoms with Crippen LogP contribution >= 0.6 is 11.8 Å². The van der Waals surface area contributed by atoms with E-state index in [2.05, 4.69) is 27.6 Å². The van der Waals surface area contributed by atoms with Gasteiger partial charge < -0.3 is 19.4 Å². The lowest BCUT2D eigenvalue weighted by Crippen LogP contribution is -2.15. The third kappa shape index (κ3) is 5.29. The highest BCUT2D eigenvalue weighted by atomic mass is 32.2. The first kappa shape index (κ1) is 20.7. The van der Waals surface area contributed by atoms with Gasteiger partial charge in [0.2, 0.25) is 5.91 Å². The van der Waals surface area contributed by atoms with Crippen LogP contribution in [0.5, 0.6) is 11.5 Å². The van der Waals surface area contributed by atoms with Crippen molar-refractivity contribution in [3.05, 3.63) is 59.9 Å². The van der Waals surface area contributed by atoms with E-state index in [9.17, 15) is 4.79 Å². The molecule has 0 unspecified atom stereocenters. The highest BCUT2D eigenvalue weighted by Gasteiger charge is 2.14. The molecule has 0 saturated heterocycles. The summed E-state index contributed by atoms with van der Waals surface area (Å²) in [6.45, 7) is 2.79. The zero-order valence-corrected chi connectivity index (χ0v) is 17.5. The number of amides is 1. The van der Waals surface area contributed by atoms with Gasteiger partial charge in [-0.2, -0.15) is 0 Å². The Bertz CT molecular complexity index is 960. The van der Waals surface area contributed by atoms with Gasteiger partial charge in [-0.25, -0.2) is 0 Å². The number of nitrogens with zero attached hydrogens (tertiary/aromatic N) is 3. The van der Waals surface area contributed by atoms with Gasteiger partial charge in [-0.1, -0.05) is 42.1 Å². The zero-order valence-electron chi connectivity index (χ0n) is 16.7. The van der Waals surface area contributed by atoms with Crippen LogP contribution < -0.4 is 14.8 Å². The van der Waals surface area contributed by atoms with E-state index in [0.29, 0.717) is 23.6 Å². The summed E-state index contributed by atoms with van der Waals surface area (Å²) >= 11 is 1.37. The minimum atomic E-state index is -0.127. The Labute approximate surface area is 174 Å². The first-order chi connectivity index (χ1) is 14.1. The molecule has 2 aromatic carbocycles. The molecule has 8 heteroatoms. The number of carbonyl (C=O) groups is 1. The van der Waals surface area contributed by atoms with E-state index in [0.717, 1.165) is 17.5 Å². The van der Waals surface area contributed by atoms with E-state index >= 15 is 0 Å². The largest absolute Gasteiger partial charge is 0.493 e. The summed E-state index contributed by atoms with van der Waals surface area (Å²) < 4.78 is 12.5. The molecule has 0 bridgehead atoms. The molecule has 0 aliphatic carbocycles. The number of thioether (sulfide) groups is 1. The van der Waals surface area contributed by atoms with Crippen molar-refractivity contribution >= 4 is 23.4 Å². The fraction of sp³-hybridized carbons (Fsp3) is 0.286. The maximum absolute atomic E-state index is 12.4. The molecule has 152 valence electrons. The summed E-state index contributed by atoms with van der Waals surface area (Å²) in [6, 6.07) is 15.4. The van der Waals surface area contributed by atoms with E-state index in [1.807, 2.05) is 29.7 Å². The van der Waals surface area contributed by atoms with E-state index in [1.165, 1.54) is 17.3 Å². The van der Waals surface area contributed by atoms with Crippen molar-refractivity contribution in [2.24, 2.45) is 0 Å². The molecular weight excluding hydrogens is 388 g/mol. The zero-order chi connectivity index (χ0) is 20.6. The van der Waals surface area contributed by atoms with Crippen LogP contribution in [0.4, 0.5) is 5.69 Å². The highest BCUT2D eigenvalue weighted by Crippen LogP contribution is 2.30. The number of methoxy groups -OCH3 is 2. The molecule has 7 nitrogen and oxygen atoms in total. The predicted octanol–water partition coefficient (Wildman–Crippen LogP) is 3.64. The summed E-state index contributed by atoms with van der Waals surface area (Å²) in [7, 11) is 3.13. The van der Waals surface area contributed by atoms with E-state index in [4.69, 9.17) is 9.47 Å². The number of nitrogens with one attached hydrogen (secondary N) is 1. The van der Waals surface area contributed by atoms with Gasteiger partial charge in [0.05, 0.1) is 20.0 Å². The van der Waals surface area contributed by atoms with Crippen molar-refractivity contribution in [1.82, 2.24) is 14.8 Å². The molecule has 3 aromatic rings. The van der Waals surface area contributed by atoms with Gasteiger partial charge in [-0.05, 0) is 24.6 Å². The molecule has 0 atom stereocenters. The fourth-order valence-corrected chi connectivity index (χ4v) is 3.72. The van der Waals surface area contributed by atoms with Gasteiger partial charge in [0.15, 0.2) is 16.7 Å². The number of ether oxygens (including phenoxy) is 2. The molecule has 0 aliphatic rings. The SMILES string of the molecule is CCn1c(Cc2ccccc2)nnc1SCC(=O)Nc1ccc(OC)c(OC)c1. The molecule has 1 amide bonds. The molecule has 1 aromatic heterocycles. The van der Waals surface area contributed by atoms with Gasteiger partial charge >= 0.3 is 0 Å². The summed E-state index contributed by atoms with van der Waals surface area (Å²) in [5.41, 5.74) is 1.83. The standard InChI is InChI=1S/C21H24N4O3S/c1-4-25-19(12-15-8-6-5-7-9-15)23-24-21(25)29-14-20(26)22-16-10-11-17(27-2)18(13-16)28-3/h5-11,13H,4,12,14H2,1-3H3,(H,22,26). The summed E-state index contributed by atoms with van der Waals surface area (Å²) in [5, 5.41) is 12.2. The number of rotatable bonds is 9. The number of carbonyl (C=O) groups excluding carboxylic acids is 1. The Morgan fingerprint density at radius 3 is 2.52 bits per heavy atom. The molecule has 0 spiro atoms. The van der Waals surface area contributed by atoms with Crippen molar-refractivity contribution in [3.8, 4) is 11.5 Å². The molecule has 3 rings (SSSR count). The average molecular weight is 413 g/mol. The molecule has 0 saturated carbocycles. The van der Waals surface area contributed by atoms with Crippen LogP contribution in [0.3, 0.4) is 0 Å². The molecular formula is C21H24N4O3S. The minimum absolute atomic E-state index is 0.127. The summed E-state index contributed by atoms with van der Waals surface area (Å²) in [6.07, 6.45) is 0.708. The van der Waals surface area contributed by atoms with Crippen LogP contribution in [-0.4, -0.2) is 40.6 Å². The van der Waals surface area contributed by atoms with Crippen LogP contribution in [0.15, 0.2) is 53.7 Å². The second-order valence-corrected chi connectivity index (χ2v) is 7.15. The lowest BCUT2D eigenvalue weighted by Gasteiger charge is -2.11. The van der Waals surface area contributed by atoms with Crippen LogP contribution in [0.25, 0.3) is 0 Å². The minimum Gasteiger partial charge on any atom is -0.493 e. The molecule has 29 heavy (non-hydrogen) atoms. The molecule has 1 N–H and O–H groups in total. The lowest BCUT2D eigenvalue weighted by atomic mass is 10.1. The fourth-order valence-electron chi connectivity index (χ4n) is 2.89. The van der Waals surface area contributed by atoms with Crippen LogP contribution in [0.2, 0.25) is 0 Å². The monoisotopic (exact) mass is 412 g/mol. The second-order valence-electron chi connectivity index (χ2n) is 6.21. The van der Waals surface area contributed by atoms with Crippen molar-refractivity contribution in [2.75, 3.05) is 25.3 Å². The average Bonchev–Trinajstić information content (AvgIpc) is 3.14. The number of benzene rings is 2. The van der Waals surface area contributed by atoms with Gasteiger partial charge in [0, 0.05) is 24.7 Å². The predicted molar refractivity (Wildman–Crippen MR) is 114 cm³/mol. The maximum Gasteiger partial charge on any atom is 0.234 e. The quantitative estimate of drug-likeness (QED) is 0.541. The van der Waals surface area contributed by atoms with E-state index in [1.54, 1.807) is 32.4 Å².